The number of nitrogens with zero attached hydrogens (tertiary/aromatic N) is 1. The summed E-state index contributed by atoms with van der Waals surface area (Å²) in [6.45, 7) is 3.61. The van der Waals surface area contributed by atoms with Crippen LogP contribution in [0.25, 0.3) is 10.9 Å². The van der Waals surface area contributed by atoms with Gasteiger partial charge in [-0.1, -0.05) is 6.07 Å². The number of anilines is 1. The SMILES string of the molecule is COc1cc(C(=O)Nc2cccc3ncccc23)ccc1OCC(=O)NC(C)C. The summed E-state index contributed by atoms with van der Waals surface area (Å²) in [5, 5.41) is 6.51. The molecule has 0 fully saturated rings. The molecule has 0 bridgehead atoms. The van der Waals surface area contributed by atoms with Crippen LogP contribution in [0.5, 0.6) is 11.5 Å². The third-order valence-corrected chi connectivity index (χ3v) is 4.13. The molecule has 0 saturated heterocycles. The molecule has 0 spiro atoms. The molecule has 29 heavy (non-hydrogen) atoms. The van der Waals surface area contributed by atoms with Crippen molar-refractivity contribution in [1.29, 1.82) is 0 Å². The third-order valence-electron chi connectivity index (χ3n) is 4.13. The van der Waals surface area contributed by atoms with Gasteiger partial charge in [0.2, 0.25) is 0 Å². The molecule has 0 unspecified atom stereocenters. The Balaban J connectivity index is 1.75. The van der Waals surface area contributed by atoms with Crippen molar-refractivity contribution in [3.05, 3.63) is 60.3 Å². The molecule has 0 saturated carbocycles. The van der Waals surface area contributed by atoms with E-state index in [0.717, 1.165) is 10.9 Å². The van der Waals surface area contributed by atoms with E-state index in [-0.39, 0.29) is 24.5 Å². The maximum Gasteiger partial charge on any atom is 0.258 e. The molecule has 3 rings (SSSR count). The zero-order valence-electron chi connectivity index (χ0n) is 16.6. The number of aromatic nitrogens is 1. The summed E-state index contributed by atoms with van der Waals surface area (Å²) in [5.41, 5.74) is 1.87. The summed E-state index contributed by atoms with van der Waals surface area (Å²) in [5.74, 6) is 0.240. The molecule has 0 atom stereocenters. The van der Waals surface area contributed by atoms with Crippen molar-refractivity contribution in [2.45, 2.75) is 19.9 Å². The van der Waals surface area contributed by atoms with Gasteiger partial charge >= 0.3 is 0 Å². The first-order chi connectivity index (χ1) is 14.0. The van der Waals surface area contributed by atoms with Crippen molar-refractivity contribution in [2.75, 3.05) is 19.0 Å². The lowest BCUT2D eigenvalue weighted by Gasteiger charge is -2.13. The van der Waals surface area contributed by atoms with Crippen LogP contribution in [0.2, 0.25) is 0 Å². The third kappa shape index (κ3) is 5.01. The molecule has 0 aliphatic heterocycles. The molecule has 0 aliphatic carbocycles. The van der Waals surface area contributed by atoms with E-state index >= 15 is 0 Å². The summed E-state index contributed by atoms with van der Waals surface area (Å²) >= 11 is 0. The van der Waals surface area contributed by atoms with Gasteiger partial charge in [0.05, 0.1) is 18.3 Å². The smallest absolute Gasteiger partial charge is 0.258 e. The van der Waals surface area contributed by atoms with Gasteiger partial charge in [-0.05, 0) is 56.3 Å². The maximum atomic E-state index is 12.7. The zero-order valence-corrected chi connectivity index (χ0v) is 16.6. The Morgan fingerprint density at radius 2 is 1.90 bits per heavy atom. The number of amides is 2. The molecular formula is C22H23N3O4. The van der Waals surface area contributed by atoms with Crippen molar-refractivity contribution >= 4 is 28.4 Å². The Kier molecular flexibility index (Phi) is 6.29. The Hall–Kier alpha value is -3.61. The normalized spacial score (nSPS) is 10.6. The lowest BCUT2D eigenvalue weighted by molar-refractivity contribution is -0.123. The van der Waals surface area contributed by atoms with Crippen LogP contribution >= 0.6 is 0 Å². The van der Waals surface area contributed by atoms with Gasteiger partial charge in [0, 0.05) is 23.2 Å². The second-order valence-corrected chi connectivity index (χ2v) is 6.71. The molecule has 150 valence electrons. The average Bonchev–Trinajstić information content (AvgIpc) is 2.72. The van der Waals surface area contributed by atoms with Crippen molar-refractivity contribution in [2.24, 2.45) is 0 Å². The quantitative estimate of drug-likeness (QED) is 0.642. The van der Waals surface area contributed by atoms with Crippen LogP contribution in [0, 0.1) is 0 Å². The minimum atomic E-state index is -0.288. The van der Waals surface area contributed by atoms with E-state index in [1.165, 1.54) is 7.11 Å². The van der Waals surface area contributed by atoms with Gasteiger partial charge in [-0.15, -0.1) is 0 Å². The monoisotopic (exact) mass is 393 g/mol. The number of methoxy groups -OCH3 is 1. The van der Waals surface area contributed by atoms with Gasteiger partial charge < -0.3 is 20.1 Å². The fourth-order valence-electron chi connectivity index (χ4n) is 2.84. The number of pyridine rings is 1. The summed E-state index contributed by atoms with van der Waals surface area (Å²) in [6.07, 6.45) is 1.71. The van der Waals surface area contributed by atoms with Crippen LogP contribution in [0.15, 0.2) is 54.7 Å². The van der Waals surface area contributed by atoms with Crippen molar-refractivity contribution in [1.82, 2.24) is 10.3 Å². The number of benzene rings is 2. The number of carbonyl (C=O) groups is 2. The molecule has 3 aromatic rings. The van der Waals surface area contributed by atoms with Crippen molar-refractivity contribution in [3.8, 4) is 11.5 Å². The Bertz CT molecular complexity index is 1030. The number of rotatable bonds is 7. The van der Waals surface area contributed by atoms with Gasteiger partial charge in [-0.2, -0.15) is 0 Å². The van der Waals surface area contributed by atoms with Gasteiger partial charge in [0.1, 0.15) is 0 Å². The number of hydrogen-bond acceptors (Lipinski definition) is 5. The summed E-state index contributed by atoms with van der Waals surface area (Å²) < 4.78 is 10.8. The number of nitrogens with one attached hydrogen (secondary N) is 2. The van der Waals surface area contributed by atoms with Crippen molar-refractivity contribution < 1.29 is 19.1 Å². The highest BCUT2D eigenvalue weighted by Gasteiger charge is 2.14. The van der Waals surface area contributed by atoms with Crippen LogP contribution in [0.1, 0.15) is 24.2 Å². The van der Waals surface area contributed by atoms with Gasteiger partial charge in [0.15, 0.2) is 18.1 Å². The van der Waals surface area contributed by atoms with Gasteiger partial charge in [0.25, 0.3) is 11.8 Å². The minimum absolute atomic E-state index is 0.0309. The number of ether oxygens (including phenoxy) is 2. The standard InChI is InChI=1S/C22H23N3O4/c1-14(2)24-21(26)13-29-19-10-9-15(12-20(19)28-3)22(27)25-18-8-4-7-17-16(18)6-5-11-23-17/h4-12,14H,13H2,1-3H3,(H,24,26)(H,25,27). The number of carbonyl (C=O) groups excluding carboxylic acids is 2. The van der Waals surface area contributed by atoms with E-state index in [0.29, 0.717) is 22.7 Å². The summed E-state index contributed by atoms with van der Waals surface area (Å²) in [4.78, 5) is 28.8. The topological polar surface area (TPSA) is 89.6 Å². The predicted molar refractivity (Wildman–Crippen MR) is 111 cm³/mol. The first-order valence-electron chi connectivity index (χ1n) is 9.23. The highest BCUT2D eigenvalue weighted by Crippen LogP contribution is 2.29. The van der Waals surface area contributed by atoms with E-state index in [1.54, 1.807) is 24.4 Å². The maximum absolute atomic E-state index is 12.7. The predicted octanol–water partition coefficient (Wildman–Crippen LogP) is 3.40. The van der Waals surface area contributed by atoms with Crippen molar-refractivity contribution in [3.63, 3.8) is 0 Å². The Morgan fingerprint density at radius 1 is 1.07 bits per heavy atom. The lowest BCUT2D eigenvalue weighted by atomic mass is 10.1. The molecule has 2 N–H and O–H groups in total. The summed E-state index contributed by atoms with van der Waals surface area (Å²) in [7, 11) is 1.48. The largest absolute Gasteiger partial charge is 0.493 e. The van der Waals surface area contributed by atoms with E-state index < -0.39 is 0 Å². The zero-order chi connectivity index (χ0) is 20.8. The van der Waals surface area contributed by atoms with Gasteiger partial charge in [-0.3, -0.25) is 14.6 Å². The molecule has 2 amide bonds. The number of fused-ring (bicyclic) bond motifs is 1. The Morgan fingerprint density at radius 3 is 2.66 bits per heavy atom. The van der Waals surface area contributed by atoms with Crippen LogP contribution < -0.4 is 20.1 Å². The van der Waals surface area contributed by atoms with E-state index in [9.17, 15) is 9.59 Å². The summed E-state index contributed by atoms with van der Waals surface area (Å²) in [6, 6.07) is 14.1. The van der Waals surface area contributed by atoms with Crippen LogP contribution in [-0.2, 0) is 4.79 Å². The van der Waals surface area contributed by atoms with E-state index in [1.807, 2.05) is 44.2 Å². The fraction of sp³-hybridized carbons (Fsp3) is 0.227. The highest BCUT2D eigenvalue weighted by molar-refractivity contribution is 6.08. The highest BCUT2D eigenvalue weighted by atomic mass is 16.5. The van der Waals surface area contributed by atoms with Crippen LogP contribution in [0.3, 0.4) is 0 Å². The Labute approximate surface area is 169 Å². The first kappa shape index (κ1) is 20.1. The molecular weight excluding hydrogens is 370 g/mol. The van der Waals surface area contributed by atoms with E-state index in [4.69, 9.17) is 9.47 Å². The lowest BCUT2D eigenvalue weighted by Crippen LogP contribution is -2.34. The number of hydrogen-bond donors (Lipinski definition) is 2. The van der Waals surface area contributed by atoms with Crippen LogP contribution in [0.4, 0.5) is 5.69 Å². The molecule has 1 heterocycles. The van der Waals surface area contributed by atoms with Crippen LogP contribution in [-0.4, -0.2) is 36.6 Å². The molecule has 7 heteroatoms. The van der Waals surface area contributed by atoms with E-state index in [2.05, 4.69) is 15.6 Å². The first-order valence-corrected chi connectivity index (χ1v) is 9.23. The molecule has 7 nitrogen and oxygen atoms in total. The second-order valence-electron chi connectivity index (χ2n) is 6.71. The average molecular weight is 393 g/mol. The molecule has 0 radical (unpaired) electrons. The minimum Gasteiger partial charge on any atom is -0.493 e. The fourth-order valence-corrected chi connectivity index (χ4v) is 2.84. The molecule has 0 aliphatic rings. The molecule has 2 aromatic carbocycles. The van der Waals surface area contributed by atoms with Gasteiger partial charge in [-0.25, -0.2) is 0 Å². The second kappa shape index (κ2) is 9.05. The molecule has 1 aromatic heterocycles.